The molecule has 0 atom stereocenters. The molecule has 1 aromatic carbocycles. The number of fused-ring (bicyclic) bond motifs is 1. The second-order valence-electron chi connectivity index (χ2n) is 6.05. The van der Waals surface area contributed by atoms with Crippen molar-refractivity contribution in [3.05, 3.63) is 18.2 Å². The Hall–Kier alpha value is -1.80. The second kappa shape index (κ2) is 6.60. The van der Waals surface area contributed by atoms with Crippen molar-refractivity contribution in [2.45, 2.75) is 42.5 Å². The van der Waals surface area contributed by atoms with Gasteiger partial charge < -0.3 is 14.2 Å². The summed E-state index contributed by atoms with van der Waals surface area (Å²) in [7, 11) is -2.62. The van der Waals surface area contributed by atoms with E-state index in [2.05, 4.69) is 4.72 Å². The van der Waals surface area contributed by atoms with Gasteiger partial charge in [0.2, 0.25) is 10.0 Å². The third-order valence-electron chi connectivity index (χ3n) is 4.44. The van der Waals surface area contributed by atoms with Crippen molar-refractivity contribution in [1.82, 2.24) is 4.72 Å². The van der Waals surface area contributed by atoms with Crippen molar-refractivity contribution in [3.63, 3.8) is 0 Å². The van der Waals surface area contributed by atoms with Gasteiger partial charge in [-0.05, 0) is 25.0 Å². The first kappa shape index (κ1) is 17.0. The highest BCUT2D eigenvalue weighted by atomic mass is 32.2. The van der Waals surface area contributed by atoms with E-state index in [-0.39, 0.29) is 4.90 Å². The van der Waals surface area contributed by atoms with Crippen LogP contribution in [0.15, 0.2) is 23.1 Å². The number of rotatable bonds is 4. The van der Waals surface area contributed by atoms with Gasteiger partial charge in [-0.2, -0.15) is 4.72 Å². The predicted molar refractivity (Wildman–Crippen MR) is 85.6 cm³/mol. The maximum absolute atomic E-state index is 12.8. The number of ether oxygens (including phenoxy) is 3. The maximum atomic E-state index is 12.8. The minimum absolute atomic E-state index is 0.0422. The van der Waals surface area contributed by atoms with E-state index < -0.39 is 21.5 Å². The number of nitrogens with one attached hydrogen (secondary N) is 1. The van der Waals surface area contributed by atoms with Crippen LogP contribution in [0.1, 0.15) is 32.1 Å². The zero-order valence-corrected chi connectivity index (χ0v) is 14.4. The van der Waals surface area contributed by atoms with Crippen LogP contribution in [-0.2, 0) is 19.6 Å². The fourth-order valence-electron chi connectivity index (χ4n) is 3.21. The molecular formula is C16H21NO6S. The fourth-order valence-corrected chi connectivity index (χ4v) is 4.63. The Bertz CT molecular complexity index is 724. The van der Waals surface area contributed by atoms with Crippen LogP contribution in [-0.4, -0.2) is 40.2 Å². The number of hydrogen-bond acceptors (Lipinski definition) is 6. The van der Waals surface area contributed by atoms with Crippen molar-refractivity contribution in [2.75, 3.05) is 20.3 Å². The molecular weight excluding hydrogens is 334 g/mol. The minimum Gasteiger partial charge on any atom is -0.486 e. The van der Waals surface area contributed by atoms with Gasteiger partial charge in [-0.3, -0.25) is 4.79 Å². The number of hydrogen-bond donors (Lipinski definition) is 1. The lowest BCUT2D eigenvalue weighted by Crippen LogP contribution is -2.55. The Morgan fingerprint density at radius 2 is 1.79 bits per heavy atom. The van der Waals surface area contributed by atoms with Crippen LogP contribution in [0, 0.1) is 0 Å². The van der Waals surface area contributed by atoms with Crippen molar-refractivity contribution in [1.29, 1.82) is 0 Å². The quantitative estimate of drug-likeness (QED) is 0.825. The van der Waals surface area contributed by atoms with Gasteiger partial charge >= 0.3 is 5.97 Å². The Balaban J connectivity index is 1.90. The Morgan fingerprint density at radius 1 is 1.12 bits per heavy atom. The van der Waals surface area contributed by atoms with Crippen molar-refractivity contribution >= 4 is 16.0 Å². The Morgan fingerprint density at radius 3 is 2.46 bits per heavy atom. The second-order valence-corrected chi connectivity index (χ2v) is 7.73. The van der Waals surface area contributed by atoms with E-state index in [9.17, 15) is 13.2 Å². The maximum Gasteiger partial charge on any atom is 0.327 e. The first-order valence-corrected chi connectivity index (χ1v) is 9.47. The smallest absolute Gasteiger partial charge is 0.327 e. The monoisotopic (exact) mass is 355 g/mol. The van der Waals surface area contributed by atoms with Gasteiger partial charge in [-0.25, -0.2) is 8.42 Å². The molecule has 1 aromatic rings. The summed E-state index contributed by atoms with van der Waals surface area (Å²) in [5.74, 6) is 0.365. The average molecular weight is 355 g/mol. The standard InChI is InChI=1S/C16H21NO6S/c1-21-15(18)16(7-3-2-4-8-16)17-24(19,20)12-5-6-13-14(11-12)23-10-9-22-13/h5-6,11,17H,2-4,7-10H2,1H3. The highest BCUT2D eigenvalue weighted by Crippen LogP contribution is 2.34. The van der Waals surface area contributed by atoms with Crippen molar-refractivity contribution < 1.29 is 27.4 Å². The van der Waals surface area contributed by atoms with Gasteiger partial charge in [0.1, 0.15) is 18.8 Å². The zero-order valence-electron chi connectivity index (χ0n) is 13.5. The van der Waals surface area contributed by atoms with Crippen LogP contribution in [0.25, 0.3) is 0 Å². The number of benzene rings is 1. The lowest BCUT2D eigenvalue weighted by molar-refractivity contribution is -0.149. The molecule has 0 unspecified atom stereocenters. The molecule has 24 heavy (non-hydrogen) atoms. The lowest BCUT2D eigenvalue weighted by atomic mass is 9.83. The van der Waals surface area contributed by atoms with E-state index >= 15 is 0 Å². The number of carbonyl (C=O) groups excluding carboxylic acids is 1. The van der Waals surface area contributed by atoms with Crippen LogP contribution >= 0.6 is 0 Å². The van der Waals surface area contributed by atoms with E-state index in [1.54, 1.807) is 6.07 Å². The van der Waals surface area contributed by atoms with Gasteiger partial charge in [-0.1, -0.05) is 19.3 Å². The van der Waals surface area contributed by atoms with Gasteiger partial charge in [0.25, 0.3) is 0 Å². The third kappa shape index (κ3) is 3.21. The number of carbonyl (C=O) groups is 1. The number of esters is 1. The molecule has 0 bridgehead atoms. The van der Waals surface area contributed by atoms with E-state index in [4.69, 9.17) is 14.2 Å². The molecule has 132 valence electrons. The van der Waals surface area contributed by atoms with Crippen molar-refractivity contribution in [3.8, 4) is 11.5 Å². The third-order valence-corrected chi connectivity index (χ3v) is 5.97. The number of sulfonamides is 1. The van der Waals surface area contributed by atoms with E-state index in [0.29, 0.717) is 37.6 Å². The van der Waals surface area contributed by atoms with Crippen LogP contribution in [0.4, 0.5) is 0 Å². The first-order chi connectivity index (χ1) is 11.5. The molecule has 7 nitrogen and oxygen atoms in total. The highest BCUT2D eigenvalue weighted by Gasteiger charge is 2.44. The van der Waals surface area contributed by atoms with E-state index in [1.807, 2.05) is 0 Å². The van der Waals surface area contributed by atoms with Gasteiger partial charge in [0, 0.05) is 6.07 Å². The highest BCUT2D eigenvalue weighted by molar-refractivity contribution is 7.89. The van der Waals surface area contributed by atoms with Crippen LogP contribution in [0.3, 0.4) is 0 Å². The molecule has 1 aliphatic heterocycles. The molecule has 0 radical (unpaired) electrons. The molecule has 0 saturated heterocycles. The van der Waals surface area contributed by atoms with Crippen LogP contribution in [0.5, 0.6) is 11.5 Å². The largest absolute Gasteiger partial charge is 0.486 e. The van der Waals surface area contributed by atoms with E-state index in [1.165, 1.54) is 19.2 Å². The molecule has 2 aliphatic rings. The summed E-state index contributed by atoms with van der Waals surface area (Å²) in [4.78, 5) is 12.3. The van der Waals surface area contributed by atoms with Gasteiger partial charge in [0.15, 0.2) is 11.5 Å². The molecule has 1 aliphatic carbocycles. The summed E-state index contributed by atoms with van der Waals surface area (Å²) in [6.45, 7) is 0.804. The summed E-state index contributed by atoms with van der Waals surface area (Å²) in [6.07, 6.45) is 3.40. The molecule has 1 heterocycles. The topological polar surface area (TPSA) is 90.9 Å². The molecule has 8 heteroatoms. The molecule has 1 saturated carbocycles. The molecule has 0 amide bonds. The summed E-state index contributed by atoms with van der Waals surface area (Å²) in [5, 5.41) is 0. The normalized spacial score (nSPS) is 19.5. The first-order valence-electron chi connectivity index (χ1n) is 7.99. The lowest BCUT2D eigenvalue weighted by Gasteiger charge is -2.34. The molecule has 0 aromatic heterocycles. The summed E-state index contributed by atoms with van der Waals surface area (Å²) in [6, 6.07) is 4.43. The zero-order chi connectivity index (χ0) is 17.2. The van der Waals surface area contributed by atoms with Crippen LogP contribution < -0.4 is 14.2 Å². The van der Waals surface area contributed by atoms with E-state index in [0.717, 1.165) is 19.3 Å². The van der Waals surface area contributed by atoms with Gasteiger partial charge in [-0.15, -0.1) is 0 Å². The Labute approximate surface area is 141 Å². The SMILES string of the molecule is COC(=O)C1(NS(=O)(=O)c2ccc3c(c2)OCCO3)CCCCC1. The van der Waals surface area contributed by atoms with Crippen molar-refractivity contribution in [2.24, 2.45) is 0 Å². The van der Waals surface area contributed by atoms with Crippen LogP contribution in [0.2, 0.25) is 0 Å². The summed E-state index contributed by atoms with van der Waals surface area (Å²) >= 11 is 0. The average Bonchev–Trinajstić information content (AvgIpc) is 2.61. The molecule has 1 N–H and O–H groups in total. The molecule has 0 spiro atoms. The number of methoxy groups -OCH3 is 1. The van der Waals surface area contributed by atoms with Gasteiger partial charge in [0.05, 0.1) is 12.0 Å². The summed E-state index contributed by atoms with van der Waals surface area (Å²) in [5.41, 5.74) is -1.20. The predicted octanol–water partition coefficient (Wildman–Crippen LogP) is 1.61. The fraction of sp³-hybridized carbons (Fsp3) is 0.562. The molecule has 3 rings (SSSR count). The molecule has 1 fully saturated rings. The Kier molecular flexibility index (Phi) is 4.69. The summed E-state index contributed by atoms with van der Waals surface area (Å²) < 4.78 is 43.9. The minimum atomic E-state index is -3.89.